The summed E-state index contributed by atoms with van der Waals surface area (Å²) >= 11 is 0. The molecule has 0 radical (unpaired) electrons. The van der Waals surface area contributed by atoms with E-state index in [1.807, 2.05) is 7.05 Å². The van der Waals surface area contributed by atoms with Gasteiger partial charge >= 0.3 is 5.97 Å². The molecule has 0 aromatic rings. The van der Waals surface area contributed by atoms with E-state index in [1.54, 1.807) is 0 Å². The van der Waals surface area contributed by atoms with Gasteiger partial charge in [0.1, 0.15) is 5.78 Å². The lowest BCUT2D eigenvalue weighted by Gasteiger charge is -2.39. The van der Waals surface area contributed by atoms with Crippen molar-refractivity contribution in [2.75, 3.05) is 13.6 Å². The van der Waals surface area contributed by atoms with E-state index in [-0.39, 0.29) is 18.6 Å². The van der Waals surface area contributed by atoms with Crippen molar-refractivity contribution in [3.63, 3.8) is 0 Å². The Morgan fingerprint density at radius 2 is 2.27 bits per heavy atom. The molecule has 84 valence electrons. The molecule has 2 fully saturated rings. The Morgan fingerprint density at radius 3 is 2.67 bits per heavy atom. The van der Waals surface area contributed by atoms with Crippen LogP contribution < -0.4 is 0 Å². The van der Waals surface area contributed by atoms with Crippen LogP contribution in [0.3, 0.4) is 0 Å². The fourth-order valence-corrected chi connectivity index (χ4v) is 2.77. The molecule has 0 bridgehead atoms. The minimum atomic E-state index is -0.789. The smallest absolute Gasteiger partial charge is 0.310 e. The molecule has 4 heteroatoms. The maximum Gasteiger partial charge on any atom is 0.310 e. The number of Topliss-reactive ketones (excluding diaryl/α,β-unsaturated/α-hetero) is 1. The molecule has 1 N–H and O–H groups in total. The standard InChI is InChI=1S/C11H17NO3/c1-12-4-2-3-8(12)5-11(10(14)15)6-9(13)7-11/h8H,2-7H2,1H3,(H,14,15). The molecule has 0 spiro atoms. The van der Waals surface area contributed by atoms with Gasteiger partial charge in [0, 0.05) is 18.9 Å². The van der Waals surface area contributed by atoms with Crippen LogP contribution in [0.1, 0.15) is 32.1 Å². The predicted molar refractivity (Wildman–Crippen MR) is 54.6 cm³/mol. The number of carboxylic acids is 1. The number of hydrogen-bond donors (Lipinski definition) is 1. The highest BCUT2D eigenvalue weighted by atomic mass is 16.4. The molecule has 2 rings (SSSR count). The summed E-state index contributed by atoms with van der Waals surface area (Å²) in [7, 11) is 2.04. The van der Waals surface area contributed by atoms with Crippen molar-refractivity contribution >= 4 is 11.8 Å². The molecule has 1 atom stereocenters. The molecule has 0 aromatic carbocycles. The number of carboxylic acid groups (broad SMARTS) is 1. The zero-order valence-corrected chi connectivity index (χ0v) is 9.03. The summed E-state index contributed by atoms with van der Waals surface area (Å²) in [4.78, 5) is 24.4. The summed E-state index contributed by atoms with van der Waals surface area (Å²) in [6, 6.07) is 0.356. The van der Waals surface area contributed by atoms with E-state index in [9.17, 15) is 14.7 Å². The van der Waals surface area contributed by atoms with Crippen molar-refractivity contribution in [2.24, 2.45) is 5.41 Å². The Balaban J connectivity index is 2.02. The number of likely N-dealkylation sites (tertiary alicyclic amines) is 1. The zero-order valence-electron chi connectivity index (χ0n) is 9.03. The maximum absolute atomic E-state index is 11.2. The van der Waals surface area contributed by atoms with Crippen molar-refractivity contribution < 1.29 is 14.7 Å². The lowest BCUT2D eigenvalue weighted by atomic mass is 9.64. The molecule has 1 heterocycles. The molecule has 1 aliphatic carbocycles. The Kier molecular flexibility index (Phi) is 2.54. The topological polar surface area (TPSA) is 57.6 Å². The third-order valence-corrected chi connectivity index (χ3v) is 3.82. The van der Waals surface area contributed by atoms with Crippen LogP contribution in [0.25, 0.3) is 0 Å². The Labute approximate surface area is 89.3 Å². The van der Waals surface area contributed by atoms with Gasteiger partial charge in [0.15, 0.2) is 0 Å². The third-order valence-electron chi connectivity index (χ3n) is 3.82. The van der Waals surface area contributed by atoms with E-state index in [0.717, 1.165) is 19.4 Å². The SMILES string of the molecule is CN1CCCC1CC1(C(=O)O)CC(=O)C1. The number of carbonyl (C=O) groups is 2. The van der Waals surface area contributed by atoms with E-state index in [1.165, 1.54) is 0 Å². The van der Waals surface area contributed by atoms with Crippen LogP contribution in [0.5, 0.6) is 0 Å². The highest BCUT2D eigenvalue weighted by molar-refractivity contribution is 5.96. The van der Waals surface area contributed by atoms with Crippen molar-refractivity contribution in [3.05, 3.63) is 0 Å². The first-order valence-electron chi connectivity index (χ1n) is 5.49. The van der Waals surface area contributed by atoms with E-state index >= 15 is 0 Å². The Hall–Kier alpha value is -0.900. The first-order valence-corrected chi connectivity index (χ1v) is 5.49. The Bertz CT molecular complexity index is 292. The first kappa shape index (κ1) is 10.6. The van der Waals surface area contributed by atoms with Crippen LogP contribution in [-0.2, 0) is 9.59 Å². The average Bonchev–Trinajstić information content (AvgIpc) is 2.48. The largest absolute Gasteiger partial charge is 0.481 e. The second-order valence-electron chi connectivity index (χ2n) is 4.96. The first-order chi connectivity index (χ1) is 7.03. The van der Waals surface area contributed by atoms with Crippen LogP contribution in [-0.4, -0.2) is 41.4 Å². The molecule has 4 nitrogen and oxygen atoms in total. The van der Waals surface area contributed by atoms with Gasteiger partial charge in [0.25, 0.3) is 0 Å². The molecule has 1 aliphatic heterocycles. The molecule has 15 heavy (non-hydrogen) atoms. The summed E-state index contributed by atoms with van der Waals surface area (Å²) in [5.41, 5.74) is -0.736. The van der Waals surface area contributed by atoms with E-state index in [0.29, 0.717) is 12.5 Å². The summed E-state index contributed by atoms with van der Waals surface area (Å²) in [5.74, 6) is -0.694. The monoisotopic (exact) mass is 211 g/mol. The minimum absolute atomic E-state index is 0.0954. The van der Waals surface area contributed by atoms with Gasteiger partial charge in [-0.2, -0.15) is 0 Å². The minimum Gasteiger partial charge on any atom is -0.481 e. The average molecular weight is 211 g/mol. The molecular weight excluding hydrogens is 194 g/mol. The lowest BCUT2D eigenvalue weighted by Crippen LogP contribution is -2.48. The summed E-state index contributed by atoms with van der Waals surface area (Å²) in [5, 5.41) is 9.18. The number of rotatable bonds is 3. The van der Waals surface area contributed by atoms with Gasteiger partial charge < -0.3 is 10.0 Å². The van der Waals surface area contributed by atoms with Crippen molar-refractivity contribution in [3.8, 4) is 0 Å². The maximum atomic E-state index is 11.2. The van der Waals surface area contributed by atoms with Crippen molar-refractivity contribution in [1.29, 1.82) is 0 Å². The van der Waals surface area contributed by atoms with Gasteiger partial charge in [-0.1, -0.05) is 0 Å². The highest BCUT2D eigenvalue weighted by Crippen LogP contribution is 2.44. The van der Waals surface area contributed by atoms with Gasteiger partial charge in [0.05, 0.1) is 5.41 Å². The number of aliphatic carboxylic acids is 1. The molecule has 0 aromatic heterocycles. The zero-order chi connectivity index (χ0) is 11.1. The van der Waals surface area contributed by atoms with Gasteiger partial charge in [-0.25, -0.2) is 0 Å². The normalized spacial score (nSPS) is 30.2. The quantitative estimate of drug-likeness (QED) is 0.753. The van der Waals surface area contributed by atoms with E-state index in [4.69, 9.17) is 0 Å². The fourth-order valence-electron chi connectivity index (χ4n) is 2.77. The fraction of sp³-hybridized carbons (Fsp3) is 0.818. The van der Waals surface area contributed by atoms with Gasteiger partial charge in [-0.05, 0) is 32.9 Å². The molecule has 2 aliphatic rings. The van der Waals surface area contributed by atoms with Gasteiger partial charge in [-0.15, -0.1) is 0 Å². The molecule has 0 amide bonds. The lowest BCUT2D eigenvalue weighted by molar-refractivity contribution is -0.162. The van der Waals surface area contributed by atoms with E-state index in [2.05, 4.69) is 4.90 Å². The predicted octanol–water partition coefficient (Wildman–Crippen LogP) is 0.905. The molecule has 1 unspecified atom stereocenters. The van der Waals surface area contributed by atoms with E-state index < -0.39 is 11.4 Å². The molecule has 1 saturated carbocycles. The highest BCUT2D eigenvalue weighted by Gasteiger charge is 2.51. The van der Waals surface area contributed by atoms with Gasteiger partial charge in [0.2, 0.25) is 0 Å². The number of hydrogen-bond acceptors (Lipinski definition) is 3. The van der Waals surface area contributed by atoms with Crippen molar-refractivity contribution in [1.82, 2.24) is 4.90 Å². The van der Waals surface area contributed by atoms with Gasteiger partial charge in [-0.3, -0.25) is 9.59 Å². The third kappa shape index (κ3) is 1.78. The summed E-state index contributed by atoms with van der Waals surface area (Å²) in [6.45, 7) is 1.05. The van der Waals surface area contributed by atoms with Crippen LogP contribution in [0.4, 0.5) is 0 Å². The van der Waals surface area contributed by atoms with Crippen LogP contribution in [0.15, 0.2) is 0 Å². The van der Waals surface area contributed by atoms with Crippen LogP contribution in [0.2, 0.25) is 0 Å². The molecule has 1 saturated heterocycles. The van der Waals surface area contributed by atoms with Crippen molar-refractivity contribution in [2.45, 2.75) is 38.1 Å². The summed E-state index contributed by atoms with van der Waals surface area (Å²) in [6.07, 6.45) is 3.34. The van der Waals surface area contributed by atoms with Crippen LogP contribution >= 0.6 is 0 Å². The number of nitrogens with zero attached hydrogens (tertiary/aromatic N) is 1. The number of carbonyl (C=O) groups excluding carboxylic acids is 1. The number of ketones is 1. The molecular formula is C11H17NO3. The second-order valence-corrected chi connectivity index (χ2v) is 4.96. The Morgan fingerprint density at radius 1 is 1.60 bits per heavy atom. The second kappa shape index (κ2) is 3.59. The van der Waals surface area contributed by atoms with Crippen LogP contribution in [0, 0.1) is 5.41 Å². The summed E-state index contributed by atoms with van der Waals surface area (Å²) < 4.78 is 0.